The molecule has 2 N–H and O–H groups in total. The first-order valence-corrected chi connectivity index (χ1v) is 5.90. The highest BCUT2D eigenvalue weighted by atomic mass is 16.5. The molecule has 0 bridgehead atoms. The van der Waals surface area contributed by atoms with Crippen LogP contribution in [0.25, 0.3) is 5.65 Å². The van der Waals surface area contributed by atoms with Crippen LogP contribution in [0.4, 0.5) is 0 Å². The molecule has 4 heteroatoms. The fraction of sp³-hybridized carbons (Fsp3) is 0.462. The second-order valence-electron chi connectivity index (χ2n) is 4.70. The van der Waals surface area contributed by atoms with Crippen LogP contribution in [0, 0.1) is 0 Å². The highest BCUT2D eigenvalue weighted by Crippen LogP contribution is 2.09. The molecular weight excluding hydrogens is 214 g/mol. The van der Waals surface area contributed by atoms with E-state index in [9.17, 15) is 0 Å². The molecule has 0 saturated heterocycles. The molecule has 1 atom stereocenters. The first kappa shape index (κ1) is 12.1. The van der Waals surface area contributed by atoms with Gasteiger partial charge in [0.1, 0.15) is 5.65 Å². The Morgan fingerprint density at radius 1 is 1.47 bits per heavy atom. The van der Waals surface area contributed by atoms with E-state index in [1.54, 1.807) is 0 Å². The molecule has 17 heavy (non-hydrogen) atoms. The van der Waals surface area contributed by atoms with Crippen LogP contribution < -0.4 is 5.73 Å². The van der Waals surface area contributed by atoms with Crippen molar-refractivity contribution in [3.05, 3.63) is 36.3 Å². The maximum Gasteiger partial charge on any atom is 0.137 e. The minimum Gasteiger partial charge on any atom is -0.373 e. The lowest BCUT2D eigenvalue weighted by Crippen LogP contribution is -2.40. The largest absolute Gasteiger partial charge is 0.373 e. The van der Waals surface area contributed by atoms with Gasteiger partial charge in [-0.05, 0) is 25.5 Å². The molecule has 0 aliphatic heterocycles. The summed E-state index contributed by atoms with van der Waals surface area (Å²) in [6.07, 6.45) is 4.86. The molecule has 0 radical (unpaired) electrons. The standard InChI is InChI=1S/C13H19N3O/c1-3-13(2,14)10-17-9-11-8-16-7-5-4-6-12(16)15-11/h4-8H,3,9-10,14H2,1-2H3. The molecule has 92 valence electrons. The van der Waals surface area contributed by atoms with Gasteiger partial charge in [0.05, 0.1) is 18.9 Å². The summed E-state index contributed by atoms with van der Waals surface area (Å²) in [6, 6.07) is 5.93. The summed E-state index contributed by atoms with van der Waals surface area (Å²) >= 11 is 0. The molecule has 1 unspecified atom stereocenters. The summed E-state index contributed by atoms with van der Waals surface area (Å²) in [5.41, 5.74) is 7.63. The molecule has 0 amide bonds. The third kappa shape index (κ3) is 3.05. The normalized spacial score (nSPS) is 15.0. The SMILES string of the molecule is CCC(C)(N)COCc1cn2ccccc2n1. The van der Waals surface area contributed by atoms with Gasteiger partial charge in [-0.15, -0.1) is 0 Å². The van der Waals surface area contributed by atoms with Crippen LogP contribution in [0.3, 0.4) is 0 Å². The molecule has 2 rings (SSSR count). The highest BCUT2D eigenvalue weighted by molar-refractivity contribution is 5.39. The van der Waals surface area contributed by atoms with Gasteiger partial charge in [-0.2, -0.15) is 0 Å². The molecule has 2 aromatic heterocycles. The number of ether oxygens (including phenoxy) is 1. The first-order valence-electron chi connectivity index (χ1n) is 5.90. The second kappa shape index (κ2) is 4.85. The fourth-order valence-electron chi connectivity index (χ4n) is 1.55. The predicted octanol–water partition coefficient (Wildman–Crippen LogP) is 1.98. The molecule has 0 aliphatic carbocycles. The number of pyridine rings is 1. The Bertz CT molecular complexity index is 457. The number of rotatable bonds is 5. The van der Waals surface area contributed by atoms with E-state index in [0.29, 0.717) is 13.2 Å². The van der Waals surface area contributed by atoms with Crippen molar-refractivity contribution in [1.29, 1.82) is 0 Å². The summed E-state index contributed by atoms with van der Waals surface area (Å²) in [6.45, 7) is 5.12. The van der Waals surface area contributed by atoms with Crippen molar-refractivity contribution in [3.63, 3.8) is 0 Å². The number of hydrogen-bond acceptors (Lipinski definition) is 3. The van der Waals surface area contributed by atoms with E-state index in [1.807, 2.05) is 41.9 Å². The topological polar surface area (TPSA) is 52.5 Å². The van der Waals surface area contributed by atoms with Crippen molar-refractivity contribution >= 4 is 5.65 Å². The van der Waals surface area contributed by atoms with Crippen LogP contribution in [0.1, 0.15) is 26.0 Å². The molecule has 0 aliphatic rings. The number of imidazole rings is 1. The van der Waals surface area contributed by atoms with Crippen molar-refractivity contribution in [3.8, 4) is 0 Å². The summed E-state index contributed by atoms with van der Waals surface area (Å²) in [5.74, 6) is 0. The molecule has 2 aromatic rings. The molecule has 0 fully saturated rings. The number of hydrogen-bond donors (Lipinski definition) is 1. The Morgan fingerprint density at radius 3 is 3.00 bits per heavy atom. The van der Waals surface area contributed by atoms with Gasteiger partial charge < -0.3 is 14.9 Å². The average Bonchev–Trinajstić information content (AvgIpc) is 2.71. The van der Waals surface area contributed by atoms with Gasteiger partial charge in [-0.1, -0.05) is 13.0 Å². The first-order chi connectivity index (χ1) is 8.11. The quantitative estimate of drug-likeness (QED) is 0.859. The lowest BCUT2D eigenvalue weighted by Gasteiger charge is -2.21. The molecular formula is C13H19N3O. The van der Waals surface area contributed by atoms with Crippen molar-refractivity contribution in [2.75, 3.05) is 6.61 Å². The van der Waals surface area contributed by atoms with E-state index >= 15 is 0 Å². The summed E-state index contributed by atoms with van der Waals surface area (Å²) in [5, 5.41) is 0. The van der Waals surface area contributed by atoms with Crippen LogP contribution in [0.15, 0.2) is 30.6 Å². The summed E-state index contributed by atoms with van der Waals surface area (Å²) in [7, 11) is 0. The zero-order valence-corrected chi connectivity index (χ0v) is 10.4. The molecule has 0 aromatic carbocycles. The lowest BCUT2D eigenvalue weighted by molar-refractivity contribution is 0.0760. The van der Waals surface area contributed by atoms with E-state index in [1.165, 1.54) is 0 Å². The van der Waals surface area contributed by atoms with Crippen LogP contribution >= 0.6 is 0 Å². The summed E-state index contributed by atoms with van der Waals surface area (Å²) in [4.78, 5) is 4.46. The smallest absolute Gasteiger partial charge is 0.137 e. The van der Waals surface area contributed by atoms with E-state index in [-0.39, 0.29) is 5.54 Å². The van der Waals surface area contributed by atoms with Gasteiger partial charge in [0.2, 0.25) is 0 Å². The van der Waals surface area contributed by atoms with E-state index < -0.39 is 0 Å². The molecule has 4 nitrogen and oxygen atoms in total. The zero-order valence-electron chi connectivity index (χ0n) is 10.4. The van der Waals surface area contributed by atoms with Gasteiger partial charge in [0.15, 0.2) is 0 Å². The maximum absolute atomic E-state index is 6.00. The van der Waals surface area contributed by atoms with Gasteiger partial charge in [0, 0.05) is 17.9 Å². The summed E-state index contributed by atoms with van der Waals surface area (Å²) < 4.78 is 7.59. The Morgan fingerprint density at radius 2 is 2.29 bits per heavy atom. The van der Waals surface area contributed by atoms with Gasteiger partial charge in [-0.3, -0.25) is 0 Å². The van der Waals surface area contributed by atoms with E-state index in [0.717, 1.165) is 17.8 Å². The average molecular weight is 233 g/mol. The third-order valence-corrected chi connectivity index (χ3v) is 2.90. The monoisotopic (exact) mass is 233 g/mol. The predicted molar refractivity (Wildman–Crippen MR) is 67.7 cm³/mol. The van der Waals surface area contributed by atoms with Crippen LogP contribution in [-0.4, -0.2) is 21.5 Å². The number of aromatic nitrogens is 2. The Labute approximate surface area is 101 Å². The van der Waals surface area contributed by atoms with Gasteiger partial charge in [-0.25, -0.2) is 4.98 Å². The van der Waals surface area contributed by atoms with Crippen LogP contribution in [0.2, 0.25) is 0 Å². The van der Waals surface area contributed by atoms with Crippen LogP contribution in [-0.2, 0) is 11.3 Å². The highest BCUT2D eigenvalue weighted by Gasteiger charge is 2.15. The molecule has 0 spiro atoms. The number of fused-ring (bicyclic) bond motifs is 1. The molecule has 2 heterocycles. The third-order valence-electron chi connectivity index (χ3n) is 2.90. The minimum atomic E-state index is -0.251. The number of nitrogens with two attached hydrogens (primary N) is 1. The Hall–Kier alpha value is -1.39. The van der Waals surface area contributed by atoms with Crippen LogP contribution in [0.5, 0.6) is 0 Å². The minimum absolute atomic E-state index is 0.251. The lowest BCUT2D eigenvalue weighted by atomic mass is 10.0. The van der Waals surface area contributed by atoms with Crippen molar-refractivity contribution in [2.24, 2.45) is 5.73 Å². The van der Waals surface area contributed by atoms with Crippen molar-refractivity contribution in [1.82, 2.24) is 9.38 Å². The fourth-order valence-corrected chi connectivity index (χ4v) is 1.55. The van der Waals surface area contributed by atoms with E-state index in [2.05, 4.69) is 11.9 Å². The Balaban J connectivity index is 1.95. The van der Waals surface area contributed by atoms with Crippen molar-refractivity contribution < 1.29 is 4.74 Å². The Kier molecular flexibility index (Phi) is 3.45. The zero-order chi connectivity index (χ0) is 12.3. The van der Waals surface area contributed by atoms with Gasteiger partial charge in [0.25, 0.3) is 0 Å². The second-order valence-corrected chi connectivity index (χ2v) is 4.70. The van der Waals surface area contributed by atoms with Gasteiger partial charge >= 0.3 is 0 Å². The molecule has 0 saturated carbocycles. The van der Waals surface area contributed by atoms with E-state index in [4.69, 9.17) is 10.5 Å². The van der Waals surface area contributed by atoms with Crippen molar-refractivity contribution in [2.45, 2.75) is 32.4 Å². The number of nitrogens with zero attached hydrogens (tertiary/aromatic N) is 2. The maximum atomic E-state index is 6.00.